The van der Waals surface area contributed by atoms with Crippen LogP contribution < -0.4 is 15.8 Å². The van der Waals surface area contributed by atoms with Crippen molar-refractivity contribution < 1.29 is 9.53 Å². The monoisotopic (exact) mass is 256 g/mol. The first-order valence-corrected chi connectivity index (χ1v) is 5.97. The SMILES string of the molecule is COc1ccccc1CC(=O)Nc1ccccc1N. The predicted octanol–water partition coefficient (Wildman–Crippen LogP) is 2.46. The summed E-state index contributed by atoms with van der Waals surface area (Å²) in [4.78, 5) is 12.0. The third-order valence-electron chi connectivity index (χ3n) is 2.78. The van der Waals surface area contributed by atoms with E-state index in [-0.39, 0.29) is 12.3 Å². The lowest BCUT2D eigenvalue weighted by atomic mass is 10.1. The molecule has 0 aromatic heterocycles. The minimum Gasteiger partial charge on any atom is -0.496 e. The average molecular weight is 256 g/mol. The number of methoxy groups -OCH3 is 1. The van der Waals surface area contributed by atoms with Crippen LogP contribution in [0.3, 0.4) is 0 Å². The van der Waals surface area contributed by atoms with Gasteiger partial charge in [-0.2, -0.15) is 0 Å². The Hall–Kier alpha value is -2.49. The van der Waals surface area contributed by atoms with E-state index in [2.05, 4.69) is 5.32 Å². The first kappa shape index (κ1) is 13.0. The molecular weight excluding hydrogens is 240 g/mol. The van der Waals surface area contributed by atoms with Gasteiger partial charge in [-0.25, -0.2) is 0 Å². The Bertz CT molecular complexity index is 582. The van der Waals surface area contributed by atoms with Gasteiger partial charge in [0.05, 0.1) is 24.9 Å². The van der Waals surface area contributed by atoms with E-state index in [4.69, 9.17) is 10.5 Å². The molecule has 0 aliphatic carbocycles. The first-order chi connectivity index (χ1) is 9.20. The molecule has 0 unspecified atom stereocenters. The molecule has 0 spiro atoms. The lowest BCUT2D eigenvalue weighted by Crippen LogP contribution is -2.15. The summed E-state index contributed by atoms with van der Waals surface area (Å²) in [6.45, 7) is 0. The highest BCUT2D eigenvalue weighted by atomic mass is 16.5. The predicted molar refractivity (Wildman–Crippen MR) is 76.2 cm³/mol. The fourth-order valence-electron chi connectivity index (χ4n) is 1.83. The second-order valence-electron chi connectivity index (χ2n) is 4.12. The quantitative estimate of drug-likeness (QED) is 0.826. The van der Waals surface area contributed by atoms with Crippen LogP contribution in [0.15, 0.2) is 48.5 Å². The first-order valence-electron chi connectivity index (χ1n) is 5.97. The summed E-state index contributed by atoms with van der Waals surface area (Å²) >= 11 is 0. The smallest absolute Gasteiger partial charge is 0.228 e. The zero-order valence-corrected chi connectivity index (χ0v) is 10.7. The van der Waals surface area contributed by atoms with Crippen LogP contribution in [0.5, 0.6) is 5.75 Å². The number of nitrogens with one attached hydrogen (secondary N) is 1. The minimum absolute atomic E-state index is 0.123. The number of nitrogen functional groups attached to an aromatic ring is 1. The molecule has 2 rings (SSSR count). The minimum atomic E-state index is -0.123. The van der Waals surface area contributed by atoms with E-state index >= 15 is 0 Å². The van der Waals surface area contributed by atoms with Crippen molar-refractivity contribution in [3.63, 3.8) is 0 Å². The maximum absolute atomic E-state index is 12.0. The van der Waals surface area contributed by atoms with Gasteiger partial charge in [-0.05, 0) is 18.2 Å². The second kappa shape index (κ2) is 5.91. The molecule has 0 saturated carbocycles. The number of hydrogen-bond donors (Lipinski definition) is 2. The van der Waals surface area contributed by atoms with Gasteiger partial charge in [-0.3, -0.25) is 4.79 Å². The third-order valence-corrected chi connectivity index (χ3v) is 2.78. The molecule has 2 aromatic rings. The molecule has 0 saturated heterocycles. The van der Waals surface area contributed by atoms with Gasteiger partial charge in [0.15, 0.2) is 0 Å². The number of nitrogens with two attached hydrogens (primary N) is 1. The van der Waals surface area contributed by atoms with Crippen LogP contribution in [-0.2, 0) is 11.2 Å². The highest BCUT2D eigenvalue weighted by molar-refractivity contribution is 5.95. The lowest BCUT2D eigenvalue weighted by molar-refractivity contribution is -0.115. The Labute approximate surface area is 112 Å². The summed E-state index contributed by atoms with van der Waals surface area (Å²) < 4.78 is 5.22. The summed E-state index contributed by atoms with van der Waals surface area (Å²) in [5.41, 5.74) is 7.80. The summed E-state index contributed by atoms with van der Waals surface area (Å²) in [6, 6.07) is 14.6. The average Bonchev–Trinajstić information content (AvgIpc) is 2.42. The van der Waals surface area contributed by atoms with Gasteiger partial charge in [0, 0.05) is 5.56 Å². The van der Waals surface area contributed by atoms with Crippen molar-refractivity contribution in [3.8, 4) is 5.75 Å². The molecule has 0 radical (unpaired) electrons. The van der Waals surface area contributed by atoms with Gasteiger partial charge in [0.2, 0.25) is 5.91 Å². The number of rotatable bonds is 4. The second-order valence-corrected chi connectivity index (χ2v) is 4.12. The molecule has 0 aliphatic heterocycles. The van der Waals surface area contributed by atoms with E-state index in [1.54, 1.807) is 19.2 Å². The van der Waals surface area contributed by atoms with Gasteiger partial charge < -0.3 is 15.8 Å². The number of para-hydroxylation sites is 3. The Morgan fingerprint density at radius 1 is 1.16 bits per heavy atom. The summed E-state index contributed by atoms with van der Waals surface area (Å²) in [5.74, 6) is 0.584. The zero-order chi connectivity index (χ0) is 13.7. The molecule has 2 aromatic carbocycles. The number of hydrogen-bond acceptors (Lipinski definition) is 3. The molecular formula is C15H16N2O2. The van der Waals surface area contributed by atoms with Crippen LogP contribution in [0.4, 0.5) is 11.4 Å². The largest absolute Gasteiger partial charge is 0.496 e. The summed E-state index contributed by atoms with van der Waals surface area (Å²) in [5, 5.41) is 2.79. The molecule has 98 valence electrons. The standard InChI is InChI=1S/C15H16N2O2/c1-19-14-9-5-2-6-11(14)10-15(18)17-13-8-4-3-7-12(13)16/h2-9H,10,16H2,1H3,(H,17,18). The van der Waals surface area contributed by atoms with Crippen molar-refractivity contribution in [2.24, 2.45) is 0 Å². The molecule has 1 amide bonds. The van der Waals surface area contributed by atoms with Crippen LogP contribution in [0.25, 0.3) is 0 Å². The number of carbonyl (C=O) groups is 1. The van der Waals surface area contributed by atoms with Crippen molar-refractivity contribution >= 4 is 17.3 Å². The van der Waals surface area contributed by atoms with Gasteiger partial charge in [0.1, 0.15) is 5.75 Å². The maximum atomic E-state index is 12.0. The van der Waals surface area contributed by atoms with Gasteiger partial charge in [-0.15, -0.1) is 0 Å². The van der Waals surface area contributed by atoms with Crippen LogP contribution in [0.2, 0.25) is 0 Å². The van der Waals surface area contributed by atoms with Crippen molar-refractivity contribution in [2.45, 2.75) is 6.42 Å². The molecule has 4 nitrogen and oxygen atoms in total. The molecule has 19 heavy (non-hydrogen) atoms. The van der Waals surface area contributed by atoms with Crippen LogP contribution in [0.1, 0.15) is 5.56 Å². The van der Waals surface area contributed by atoms with Gasteiger partial charge >= 0.3 is 0 Å². The Morgan fingerprint density at radius 2 is 1.84 bits per heavy atom. The lowest BCUT2D eigenvalue weighted by Gasteiger charge is -2.10. The van der Waals surface area contributed by atoms with E-state index < -0.39 is 0 Å². The van der Waals surface area contributed by atoms with Gasteiger partial charge in [0.25, 0.3) is 0 Å². The van der Waals surface area contributed by atoms with Crippen LogP contribution in [-0.4, -0.2) is 13.0 Å². The fourth-order valence-corrected chi connectivity index (χ4v) is 1.83. The van der Waals surface area contributed by atoms with Crippen molar-refractivity contribution in [1.82, 2.24) is 0 Å². The number of ether oxygens (including phenoxy) is 1. The molecule has 0 fully saturated rings. The fraction of sp³-hybridized carbons (Fsp3) is 0.133. The van der Waals surface area contributed by atoms with Gasteiger partial charge in [-0.1, -0.05) is 30.3 Å². The number of carbonyl (C=O) groups excluding carboxylic acids is 1. The van der Waals surface area contributed by atoms with Crippen molar-refractivity contribution in [3.05, 3.63) is 54.1 Å². The van der Waals surface area contributed by atoms with E-state index in [1.165, 1.54) is 0 Å². The highest BCUT2D eigenvalue weighted by Gasteiger charge is 2.09. The van der Waals surface area contributed by atoms with E-state index in [1.807, 2.05) is 36.4 Å². The highest BCUT2D eigenvalue weighted by Crippen LogP contribution is 2.20. The maximum Gasteiger partial charge on any atom is 0.228 e. The van der Waals surface area contributed by atoms with Crippen LogP contribution in [0, 0.1) is 0 Å². The molecule has 0 atom stereocenters. The Morgan fingerprint density at radius 3 is 2.58 bits per heavy atom. The Kier molecular flexibility index (Phi) is 4.03. The number of benzene rings is 2. The normalized spacial score (nSPS) is 9.95. The van der Waals surface area contributed by atoms with E-state index in [0.717, 1.165) is 5.56 Å². The third kappa shape index (κ3) is 3.25. The zero-order valence-electron chi connectivity index (χ0n) is 10.7. The summed E-state index contributed by atoms with van der Waals surface area (Å²) in [6.07, 6.45) is 0.248. The summed E-state index contributed by atoms with van der Waals surface area (Å²) in [7, 11) is 1.59. The molecule has 0 heterocycles. The molecule has 0 aliphatic rings. The molecule has 0 bridgehead atoms. The molecule has 4 heteroatoms. The van der Waals surface area contributed by atoms with Crippen molar-refractivity contribution in [2.75, 3.05) is 18.2 Å². The molecule has 3 N–H and O–H groups in total. The van der Waals surface area contributed by atoms with E-state index in [9.17, 15) is 4.79 Å². The van der Waals surface area contributed by atoms with Crippen molar-refractivity contribution in [1.29, 1.82) is 0 Å². The topological polar surface area (TPSA) is 64.3 Å². The number of amides is 1. The van der Waals surface area contributed by atoms with Crippen LogP contribution >= 0.6 is 0 Å². The number of anilines is 2. The Balaban J connectivity index is 2.08. The van der Waals surface area contributed by atoms with E-state index in [0.29, 0.717) is 17.1 Å².